The number of fused-ring (bicyclic) bond motifs is 1. The van der Waals surface area contributed by atoms with E-state index in [-0.39, 0.29) is 13.0 Å². The van der Waals surface area contributed by atoms with Crippen molar-refractivity contribution >= 4 is 16.7 Å². The molecule has 0 aliphatic rings. The minimum absolute atomic E-state index is 0.0592. The van der Waals surface area contributed by atoms with Crippen LogP contribution in [0.1, 0.15) is 34.0 Å². The molecule has 4 aromatic rings. The highest BCUT2D eigenvalue weighted by Crippen LogP contribution is 2.16. The van der Waals surface area contributed by atoms with Gasteiger partial charge in [-0.05, 0) is 65.3 Å². The van der Waals surface area contributed by atoms with Crippen LogP contribution in [0.25, 0.3) is 10.8 Å². The molecule has 1 heterocycles. The van der Waals surface area contributed by atoms with Gasteiger partial charge in [-0.3, -0.25) is 9.78 Å². The lowest BCUT2D eigenvalue weighted by Gasteiger charge is -2.25. The summed E-state index contributed by atoms with van der Waals surface area (Å²) in [6, 6.07) is 17.7. The number of aliphatic hydroxyl groups excluding tert-OH is 1. The van der Waals surface area contributed by atoms with Gasteiger partial charge < -0.3 is 15.7 Å². The molecule has 0 fully saturated rings. The first-order chi connectivity index (χ1) is 17.4. The van der Waals surface area contributed by atoms with E-state index in [2.05, 4.69) is 34.7 Å². The van der Waals surface area contributed by atoms with Gasteiger partial charge in [-0.2, -0.15) is 0 Å². The van der Waals surface area contributed by atoms with Crippen molar-refractivity contribution in [3.8, 4) is 0 Å². The van der Waals surface area contributed by atoms with Crippen molar-refractivity contribution in [1.82, 2.24) is 15.6 Å². The number of nitrogens with zero attached hydrogens (tertiary/aromatic N) is 1. The van der Waals surface area contributed by atoms with E-state index in [4.69, 9.17) is 0 Å². The van der Waals surface area contributed by atoms with Gasteiger partial charge in [0.15, 0.2) is 0 Å². The molecule has 5 nitrogen and oxygen atoms in total. The smallest absolute Gasteiger partial charge is 0.251 e. The summed E-state index contributed by atoms with van der Waals surface area (Å²) in [7, 11) is 0. The molecule has 0 spiro atoms. The van der Waals surface area contributed by atoms with Crippen LogP contribution in [0.5, 0.6) is 0 Å². The van der Waals surface area contributed by atoms with E-state index in [1.165, 1.54) is 17.7 Å². The third-order valence-corrected chi connectivity index (χ3v) is 6.14. The molecular formula is C29H29F2N3O2. The molecule has 186 valence electrons. The molecule has 3 N–H and O–H groups in total. The van der Waals surface area contributed by atoms with Crippen LogP contribution < -0.4 is 10.6 Å². The second-order valence-electron chi connectivity index (χ2n) is 8.87. The van der Waals surface area contributed by atoms with E-state index in [0.717, 1.165) is 28.8 Å². The molecule has 0 bridgehead atoms. The maximum atomic E-state index is 13.8. The molecule has 36 heavy (non-hydrogen) atoms. The monoisotopic (exact) mass is 489 g/mol. The van der Waals surface area contributed by atoms with Crippen LogP contribution in [-0.2, 0) is 19.4 Å². The second kappa shape index (κ2) is 11.8. The number of pyridine rings is 1. The predicted molar refractivity (Wildman–Crippen MR) is 137 cm³/mol. The van der Waals surface area contributed by atoms with E-state index >= 15 is 0 Å². The number of hydrogen-bond acceptors (Lipinski definition) is 4. The normalized spacial score (nSPS) is 12.9. The summed E-state index contributed by atoms with van der Waals surface area (Å²) in [4.78, 5) is 17.2. The topological polar surface area (TPSA) is 74.2 Å². The third kappa shape index (κ3) is 6.71. The lowest BCUT2D eigenvalue weighted by molar-refractivity contribution is 0.0830. The molecule has 0 saturated heterocycles. The molecule has 7 heteroatoms. The van der Waals surface area contributed by atoms with Gasteiger partial charge >= 0.3 is 0 Å². The first kappa shape index (κ1) is 25.4. The molecule has 0 aliphatic carbocycles. The number of benzene rings is 3. The van der Waals surface area contributed by atoms with E-state index in [1.54, 1.807) is 24.5 Å². The number of carbonyl (C=O) groups excluding carboxylic acids is 1. The van der Waals surface area contributed by atoms with E-state index in [9.17, 15) is 18.7 Å². The molecule has 0 radical (unpaired) electrons. The van der Waals surface area contributed by atoms with Gasteiger partial charge in [0.1, 0.15) is 11.6 Å². The lowest BCUT2D eigenvalue weighted by atomic mass is 9.99. The standard InChI is InChI=1S/C29H29F2N3O2/c1-2-19-4-3-5-20(10-19)16-33-18-28(35)27(13-21-11-25(30)15-26(31)12-21)34-29(36)23-7-6-22-8-9-32-17-24(22)14-23/h3-12,14-15,17,27-28,33,35H,2,13,16,18H2,1H3,(H,34,36)/t27-,28+/m0/s1. The van der Waals surface area contributed by atoms with Crippen LogP contribution >= 0.6 is 0 Å². The summed E-state index contributed by atoms with van der Waals surface area (Å²) in [5, 5.41) is 18.8. The number of nitrogens with one attached hydrogen (secondary N) is 2. The number of halogens is 2. The average molecular weight is 490 g/mol. The Morgan fingerprint density at radius 2 is 1.72 bits per heavy atom. The molecule has 0 saturated carbocycles. The van der Waals surface area contributed by atoms with Crippen LogP contribution in [0.15, 0.2) is 79.1 Å². The lowest BCUT2D eigenvalue weighted by Crippen LogP contribution is -2.48. The Morgan fingerprint density at radius 3 is 2.50 bits per heavy atom. The first-order valence-corrected chi connectivity index (χ1v) is 12.0. The Balaban J connectivity index is 1.48. The summed E-state index contributed by atoms with van der Waals surface area (Å²) in [6.45, 7) is 2.81. The number of rotatable bonds is 10. The SMILES string of the molecule is CCc1cccc(CNC[C@@H](O)[C@H](Cc2cc(F)cc(F)c2)NC(=O)c2ccc3ccncc3c2)c1. The largest absolute Gasteiger partial charge is 0.390 e. The summed E-state index contributed by atoms with van der Waals surface area (Å²) < 4.78 is 27.6. The minimum Gasteiger partial charge on any atom is -0.390 e. The number of amides is 1. The Kier molecular flexibility index (Phi) is 8.36. The van der Waals surface area contributed by atoms with Gasteiger partial charge in [0.2, 0.25) is 0 Å². The molecule has 1 amide bonds. The predicted octanol–water partition coefficient (Wildman–Crippen LogP) is 4.57. The van der Waals surface area contributed by atoms with Crippen LogP contribution in [0.3, 0.4) is 0 Å². The molecule has 4 rings (SSSR count). The number of hydrogen-bond donors (Lipinski definition) is 3. The molecule has 1 aromatic heterocycles. The maximum Gasteiger partial charge on any atom is 0.251 e. The van der Waals surface area contributed by atoms with Gasteiger partial charge in [0, 0.05) is 42.5 Å². The zero-order chi connectivity index (χ0) is 25.5. The number of aryl methyl sites for hydroxylation is 1. The molecule has 0 unspecified atom stereocenters. The quantitative estimate of drug-likeness (QED) is 0.305. The van der Waals surface area contributed by atoms with E-state index in [0.29, 0.717) is 17.7 Å². The average Bonchev–Trinajstić information content (AvgIpc) is 2.87. The van der Waals surface area contributed by atoms with Crippen molar-refractivity contribution in [3.63, 3.8) is 0 Å². The van der Waals surface area contributed by atoms with Crippen molar-refractivity contribution in [1.29, 1.82) is 0 Å². The van der Waals surface area contributed by atoms with Crippen LogP contribution in [0.4, 0.5) is 8.78 Å². The van der Waals surface area contributed by atoms with Gasteiger partial charge in [-0.1, -0.05) is 37.3 Å². The van der Waals surface area contributed by atoms with Gasteiger partial charge in [-0.25, -0.2) is 8.78 Å². The Morgan fingerprint density at radius 1 is 0.944 bits per heavy atom. The molecule has 0 aliphatic heterocycles. The molecular weight excluding hydrogens is 460 g/mol. The number of aliphatic hydroxyl groups is 1. The van der Waals surface area contributed by atoms with Crippen molar-refractivity contribution in [2.45, 2.75) is 38.5 Å². The Labute approximate surface area is 209 Å². The summed E-state index contributed by atoms with van der Waals surface area (Å²) in [6.07, 6.45) is 3.34. The number of aromatic nitrogens is 1. The fourth-order valence-electron chi connectivity index (χ4n) is 4.21. The van der Waals surface area contributed by atoms with E-state index in [1.807, 2.05) is 24.3 Å². The Hall–Kier alpha value is -3.68. The summed E-state index contributed by atoms with van der Waals surface area (Å²) in [5.74, 6) is -1.81. The second-order valence-corrected chi connectivity index (χ2v) is 8.87. The fourth-order valence-corrected chi connectivity index (χ4v) is 4.21. The summed E-state index contributed by atoms with van der Waals surface area (Å²) in [5.41, 5.74) is 3.05. The van der Waals surface area contributed by atoms with Crippen LogP contribution in [0.2, 0.25) is 0 Å². The van der Waals surface area contributed by atoms with Crippen molar-refractivity contribution in [2.24, 2.45) is 0 Å². The van der Waals surface area contributed by atoms with Gasteiger partial charge in [0.05, 0.1) is 12.1 Å². The van der Waals surface area contributed by atoms with Crippen molar-refractivity contribution in [3.05, 3.63) is 113 Å². The zero-order valence-corrected chi connectivity index (χ0v) is 20.0. The molecule has 2 atom stereocenters. The highest BCUT2D eigenvalue weighted by molar-refractivity contribution is 5.98. The highest BCUT2D eigenvalue weighted by Gasteiger charge is 2.23. The van der Waals surface area contributed by atoms with E-state index < -0.39 is 29.7 Å². The highest BCUT2D eigenvalue weighted by atomic mass is 19.1. The number of carbonyl (C=O) groups is 1. The van der Waals surface area contributed by atoms with Crippen LogP contribution in [-0.4, -0.2) is 34.7 Å². The van der Waals surface area contributed by atoms with Gasteiger partial charge in [-0.15, -0.1) is 0 Å². The fraction of sp³-hybridized carbons (Fsp3) is 0.241. The van der Waals surface area contributed by atoms with Crippen molar-refractivity contribution in [2.75, 3.05) is 6.54 Å². The van der Waals surface area contributed by atoms with Gasteiger partial charge in [0.25, 0.3) is 5.91 Å². The maximum absolute atomic E-state index is 13.8. The van der Waals surface area contributed by atoms with Crippen LogP contribution in [0, 0.1) is 11.6 Å². The summed E-state index contributed by atoms with van der Waals surface area (Å²) >= 11 is 0. The van der Waals surface area contributed by atoms with Crippen molar-refractivity contribution < 1.29 is 18.7 Å². The minimum atomic E-state index is -1.00. The Bertz CT molecular complexity index is 1320. The molecule has 3 aromatic carbocycles. The first-order valence-electron chi connectivity index (χ1n) is 12.0. The third-order valence-electron chi connectivity index (χ3n) is 6.14. The zero-order valence-electron chi connectivity index (χ0n) is 20.0.